The second kappa shape index (κ2) is 4.34. The Hall–Kier alpha value is -1.20. The normalized spacial score (nSPS) is 22.1. The Labute approximate surface area is 81.7 Å². The van der Waals surface area contributed by atoms with Crippen LogP contribution in [0.1, 0.15) is 0 Å². The molecule has 0 aromatic carbocycles. The van der Waals surface area contributed by atoms with E-state index in [1.165, 1.54) is 10.7 Å². The van der Waals surface area contributed by atoms with Crippen LogP contribution < -0.4 is 10.9 Å². The highest BCUT2D eigenvalue weighted by molar-refractivity contribution is 4.85. The third-order valence-electron chi connectivity index (χ3n) is 2.17. The summed E-state index contributed by atoms with van der Waals surface area (Å²) in [6.07, 6.45) is 1.66. The summed E-state index contributed by atoms with van der Waals surface area (Å²) in [5.41, 5.74) is -0.0818. The number of ether oxygens (including phenoxy) is 1. The Morgan fingerprint density at radius 3 is 3.36 bits per heavy atom. The summed E-state index contributed by atoms with van der Waals surface area (Å²) in [5.74, 6) is 0. The highest BCUT2D eigenvalue weighted by Gasteiger charge is 2.14. The van der Waals surface area contributed by atoms with Crippen molar-refractivity contribution >= 4 is 0 Å². The molecule has 0 saturated carbocycles. The molecule has 0 amide bonds. The third kappa shape index (κ3) is 2.18. The molecular formula is C9H13N3O2. The highest BCUT2D eigenvalue weighted by Crippen LogP contribution is 1.97. The third-order valence-corrected chi connectivity index (χ3v) is 2.17. The topological polar surface area (TPSA) is 56.2 Å². The fourth-order valence-electron chi connectivity index (χ4n) is 1.45. The van der Waals surface area contributed by atoms with Gasteiger partial charge in [-0.05, 0) is 6.07 Å². The van der Waals surface area contributed by atoms with Gasteiger partial charge < -0.3 is 10.1 Å². The number of hydrogen-bond acceptors (Lipinski definition) is 4. The number of morpholine rings is 1. The van der Waals surface area contributed by atoms with Gasteiger partial charge in [0.25, 0.3) is 5.56 Å². The molecule has 76 valence electrons. The van der Waals surface area contributed by atoms with E-state index in [0.717, 1.165) is 13.1 Å². The number of aromatic nitrogens is 2. The molecule has 0 bridgehead atoms. The smallest absolute Gasteiger partial charge is 0.266 e. The molecule has 1 aromatic heterocycles. The van der Waals surface area contributed by atoms with Crippen LogP contribution in [0.25, 0.3) is 0 Å². The summed E-state index contributed by atoms with van der Waals surface area (Å²) >= 11 is 0. The van der Waals surface area contributed by atoms with Gasteiger partial charge in [0.05, 0.1) is 19.3 Å². The van der Waals surface area contributed by atoms with Crippen molar-refractivity contribution in [3.8, 4) is 0 Å². The Morgan fingerprint density at radius 1 is 1.71 bits per heavy atom. The first-order valence-corrected chi connectivity index (χ1v) is 4.71. The van der Waals surface area contributed by atoms with Crippen LogP contribution in [0.15, 0.2) is 23.1 Å². The monoisotopic (exact) mass is 195 g/mol. The number of rotatable bonds is 2. The first-order valence-electron chi connectivity index (χ1n) is 4.71. The Kier molecular flexibility index (Phi) is 2.90. The van der Waals surface area contributed by atoms with Gasteiger partial charge >= 0.3 is 0 Å². The lowest BCUT2D eigenvalue weighted by Crippen LogP contribution is -2.42. The van der Waals surface area contributed by atoms with Gasteiger partial charge in [0.15, 0.2) is 0 Å². The van der Waals surface area contributed by atoms with Gasteiger partial charge in [0.2, 0.25) is 0 Å². The van der Waals surface area contributed by atoms with Crippen LogP contribution in [0.4, 0.5) is 0 Å². The molecule has 5 nitrogen and oxygen atoms in total. The Bertz CT molecular complexity index is 344. The molecule has 1 aromatic rings. The van der Waals surface area contributed by atoms with Crippen LogP contribution in [0.5, 0.6) is 0 Å². The molecule has 0 spiro atoms. The first kappa shape index (κ1) is 9.36. The fraction of sp³-hybridized carbons (Fsp3) is 0.556. The first-order chi connectivity index (χ1) is 6.86. The largest absolute Gasteiger partial charge is 0.374 e. The molecule has 14 heavy (non-hydrogen) atoms. The second-order valence-electron chi connectivity index (χ2n) is 3.24. The van der Waals surface area contributed by atoms with Crippen LogP contribution in [-0.2, 0) is 11.3 Å². The standard InChI is InChI=1S/C9H13N3O2/c13-9-2-1-3-11-12(9)7-8-6-10-4-5-14-8/h1-3,8,10H,4-7H2. The van der Waals surface area contributed by atoms with Crippen LogP contribution in [0.2, 0.25) is 0 Å². The van der Waals surface area contributed by atoms with Crippen LogP contribution >= 0.6 is 0 Å². The van der Waals surface area contributed by atoms with Crippen LogP contribution in [-0.4, -0.2) is 35.6 Å². The van der Waals surface area contributed by atoms with Gasteiger partial charge in [0, 0.05) is 25.4 Å². The summed E-state index contributed by atoms with van der Waals surface area (Å²) in [6, 6.07) is 3.14. The van der Waals surface area contributed by atoms with Crippen molar-refractivity contribution in [3.63, 3.8) is 0 Å². The van der Waals surface area contributed by atoms with Gasteiger partial charge in [-0.2, -0.15) is 5.10 Å². The van der Waals surface area contributed by atoms with Crippen LogP contribution in [0, 0.1) is 0 Å². The number of nitrogens with zero attached hydrogens (tertiary/aromatic N) is 2. The molecule has 1 saturated heterocycles. The average Bonchev–Trinajstić information content (AvgIpc) is 2.23. The molecule has 1 fully saturated rings. The minimum absolute atomic E-state index is 0.0522. The van der Waals surface area contributed by atoms with Gasteiger partial charge in [-0.25, -0.2) is 4.68 Å². The molecule has 2 rings (SSSR count). The van der Waals surface area contributed by atoms with Crippen molar-refractivity contribution in [2.45, 2.75) is 12.6 Å². The lowest BCUT2D eigenvalue weighted by atomic mass is 10.3. The van der Waals surface area contributed by atoms with E-state index in [4.69, 9.17) is 4.74 Å². The van der Waals surface area contributed by atoms with E-state index >= 15 is 0 Å². The lowest BCUT2D eigenvalue weighted by molar-refractivity contribution is 0.0152. The van der Waals surface area contributed by atoms with Gasteiger partial charge in [-0.3, -0.25) is 4.79 Å². The molecule has 1 atom stereocenters. The van der Waals surface area contributed by atoms with E-state index < -0.39 is 0 Å². The van der Waals surface area contributed by atoms with Crippen molar-refractivity contribution in [2.24, 2.45) is 0 Å². The van der Waals surface area contributed by atoms with Crippen molar-refractivity contribution in [2.75, 3.05) is 19.7 Å². The van der Waals surface area contributed by atoms with E-state index in [-0.39, 0.29) is 11.7 Å². The minimum Gasteiger partial charge on any atom is -0.374 e. The molecule has 0 aliphatic carbocycles. The molecule has 1 aliphatic rings. The quantitative estimate of drug-likeness (QED) is 0.673. The van der Waals surface area contributed by atoms with E-state index in [1.807, 2.05) is 0 Å². The zero-order valence-corrected chi connectivity index (χ0v) is 7.85. The zero-order valence-electron chi connectivity index (χ0n) is 7.85. The highest BCUT2D eigenvalue weighted by atomic mass is 16.5. The molecule has 5 heteroatoms. The SMILES string of the molecule is O=c1cccnn1CC1CNCCO1. The summed E-state index contributed by atoms with van der Waals surface area (Å²) in [6.45, 7) is 2.88. The molecule has 1 aliphatic heterocycles. The molecule has 1 N–H and O–H groups in total. The summed E-state index contributed by atoms with van der Waals surface area (Å²) in [7, 11) is 0. The maximum Gasteiger partial charge on any atom is 0.266 e. The van der Waals surface area contributed by atoms with E-state index in [2.05, 4.69) is 10.4 Å². The van der Waals surface area contributed by atoms with Gasteiger partial charge in [-0.1, -0.05) is 0 Å². The summed E-state index contributed by atoms with van der Waals surface area (Å²) in [4.78, 5) is 11.3. The van der Waals surface area contributed by atoms with Gasteiger partial charge in [-0.15, -0.1) is 0 Å². The number of hydrogen-bond donors (Lipinski definition) is 1. The Balaban J connectivity index is 2.03. The predicted octanol–water partition coefficient (Wildman–Crippen LogP) is -0.768. The fourth-order valence-corrected chi connectivity index (χ4v) is 1.45. The second-order valence-corrected chi connectivity index (χ2v) is 3.24. The molecule has 1 unspecified atom stereocenters. The zero-order chi connectivity index (χ0) is 9.80. The Morgan fingerprint density at radius 2 is 2.64 bits per heavy atom. The van der Waals surface area contributed by atoms with Crippen molar-refractivity contribution < 1.29 is 4.74 Å². The predicted molar refractivity (Wildman–Crippen MR) is 51.1 cm³/mol. The van der Waals surface area contributed by atoms with Crippen molar-refractivity contribution in [3.05, 3.63) is 28.7 Å². The number of nitrogens with one attached hydrogen (secondary N) is 1. The summed E-state index contributed by atoms with van der Waals surface area (Å²) in [5, 5.41) is 7.18. The lowest BCUT2D eigenvalue weighted by Gasteiger charge is -2.23. The van der Waals surface area contributed by atoms with Crippen molar-refractivity contribution in [1.29, 1.82) is 0 Å². The maximum absolute atomic E-state index is 11.3. The minimum atomic E-state index is -0.0818. The van der Waals surface area contributed by atoms with Gasteiger partial charge in [0.1, 0.15) is 0 Å². The van der Waals surface area contributed by atoms with E-state index in [1.54, 1.807) is 12.3 Å². The summed E-state index contributed by atoms with van der Waals surface area (Å²) < 4.78 is 6.90. The molecule has 0 radical (unpaired) electrons. The van der Waals surface area contributed by atoms with Crippen molar-refractivity contribution in [1.82, 2.24) is 15.1 Å². The average molecular weight is 195 g/mol. The van der Waals surface area contributed by atoms with Crippen LogP contribution in [0.3, 0.4) is 0 Å². The van der Waals surface area contributed by atoms with E-state index in [0.29, 0.717) is 13.2 Å². The molecule has 2 heterocycles. The van der Waals surface area contributed by atoms with E-state index in [9.17, 15) is 4.79 Å². The molecular weight excluding hydrogens is 182 g/mol. The maximum atomic E-state index is 11.3.